The monoisotopic (exact) mass is 697 g/mol. The number of thiazole rings is 1. The van der Waals surface area contributed by atoms with Crippen LogP contribution in [-0.4, -0.2) is 47.1 Å². The average molecular weight is 698 g/mol. The van der Waals surface area contributed by atoms with Crippen molar-refractivity contribution in [1.82, 2.24) is 15.6 Å². The molecule has 1 aliphatic heterocycles. The first-order valence-electron chi connectivity index (χ1n) is 16.1. The number of urea groups is 1. The van der Waals surface area contributed by atoms with Crippen molar-refractivity contribution >= 4 is 45.3 Å². The third-order valence-electron chi connectivity index (χ3n) is 8.55. The molecule has 1 saturated heterocycles. The van der Waals surface area contributed by atoms with E-state index in [0.717, 1.165) is 42.4 Å². The summed E-state index contributed by atoms with van der Waals surface area (Å²) < 4.78 is 20.3. The fourth-order valence-electron chi connectivity index (χ4n) is 5.75. The maximum absolute atomic E-state index is 12.8. The van der Waals surface area contributed by atoms with E-state index in [1.54, 1.807) is 23.1 Å². The molecule has 1 fully saturated rings. The number of para-hydroxylation sites is 1. The summed E-state index contributed by atoms with van der Waals surface area (Å²) in [5.74, 6) is 0.250. The summed E-state index contributed by atoms with van der Waals surface area (Å²) in [7, 11) is 1.31. The van der Waals surface area contributed by atoms with E-state index in [-0.39, 0.29) is 31.3 Å². The van der Waals surface area contributed by atoms with Crippen molar-refractivity contribution in [3.05, 3.63) is 131 Å². The Morgan fingerprint density at radius 3 is 2.31 bits per heavy atom. The van der Waals surface area contributed by atoms with E-state index >= 15 is 0 Å². The van der Waals surface area contributed by atoms with Crippen molar-refractivity contribution in [3.63, 3.8) is 0 Å². The van der Waals surface area contributed by atoms with Gasteiger partial charge >= 0.3 is 12.0 Å². The lowest BCUT2D eigenvalue weighted by Crippen LogP contribution is -2.47. The third kappa shape index (κ3) is 8.86. The molecule has 2 amide bonds. The number of aromatic nitrogens is 1. The van der Waals surface area contributed by atoms with Gasteiger partial charge < -0.3 is 30.0 Å². The van der Waals surface area contributed by atoms with Crippen molar-refractivity contribution in [1.29, 1.82) is 0 Å². The van der Waals surface area contributed by atoms with Crippen molar-refractivity contribution in [2.75, 3.05) is 12.9 Å². The first-order chi connectivity index (χ1) is 23.9. The number of rotatable bonds is 12. The standard InChI is InChI=1S/C38H39N3O6S2/c1-24-32(23-48-38-41-30-10-6-7-11-33(30)49-38)46-36(47-34(24)28-16-14-27(22-42)15-17-28)29-18-12-26(13-19-29)21-39-37(44)40-31(35(43)45-2)20-25-8-4-3-5-9-25/h3-19,24,31-32,34,36,42H,20-23H2,1-2H3,(H2,39,40,44). The van der Waals surface area contributed by atoms with Crippen molar-refractivity contribution in [2.45, 2.75) is 55.4 Å². The van der Waals surface area contributed by atoms with Crippen LogP contribution < -0.4 is 10.6 Å². The molecule has 0 aliphatic carbocycles. The number of thioether (sulfide) groups is 1. The number of ether oxygens (including phenoxy) is 3. The number of carbonyl (C=O) groups excluding carboxylic acids is 2. The molecule has 254 valence electrons. The Bertz CT molecular complexity index is 1800. The van der Waals surface area contributed by atoms with Gasteiger partial charge in [0, 0.05) is 30.2 Å². The number of hydrogen-bond donors (Lipinski definition) is 3. The number of nitrogens with zero attached hydrogens (tertiary/aromatic N) is 1. The number of nitrogens with one attached hydrogen (secondary N) is 2. The average Bonchev–Trinajstić information content (AvgIpc) is 3.57. The van der Waals surface area contributed by atoms with Gasteiger partial charge in [-0.3, -0.25) is 0 Å². The van der Waals surface area contributed by atoms with Gasteiger partial charge in [0.25, 0.3) is 0 Å². The van der Waals surface area contributed by atoms with Crippen LogP contribution in [0.1, 0.15) is 47.1 Å². The highest BCUT2D eigenvalue weighted by Crippen LogP contribution is 2.43. The summed E-state index contributed by atoms with van der Waals surface area (Å²) in [4.78, 5) is 29.9. The van der Waals surface area contributed by atoms with E-state index in [9.17, 15) is 14.7 Å². The van der Waals surface area contributed by atoms with Crippen LogP contribution in [-0.2, 0) is 38.6 Å². The molecular weight excluding hydrogens is 659 g/mol. The maximum atomic E-state index is 12.8. The Balaban J connectivity index is 1.11. The number of fused-ring (bicyclic) bond motifs is 1. The predicted octanol–water partition coefficient (Wildman–Crippen LogP) is 6.96. The fraction of sp³-hybridized carbons (Fsp3) is 0.289. The number of esters is 1. The van der Waals surface area contributed by atoms with Crippen LogP contribution in [0.2, 0.25) is 0 Å². The predicted molar refractivity (Wildman–Crippen MR) is 191 cm³/mol. The van der Waals surface area contributed by atoms with E-state index in [0.29, 0.717) is 12.2 Å². The van der Waals surface area contributed by atoms with Gasteiger partial charge in [-0.2, -0.15) is 0 Å². The Kier molecular flexibility index (Phi) is 11.6. The van der Waals surface area contributed by atoms with Crippen molar-refractivity contribution in [3.8, 4) is 0 Å². The molecular formula is C38H39N3O6S2. The number of methoxy groups -OCH3 is 1. The van der Waals surface area contributed by atoms with E-state index in [1.807, 2.05) is 97.1 Å². The van der Waals surface area contributed by atoms with Crippen LogP contribution in [0.15, 0.2) is 107 Å². The molecule has 5 aromatic rings. The zero-order chi connectivity index (χ0) is 34.2. The van der Waals surface area contributed by atoms with Gasteiger partial charge in [0.2, 0.25) is 0 Å². The molecule has 0 radical (unpaired) electrons. The first kappa shape index (κ1) is 34.6. The molecule has 9 nitrogen and oxygen atoms in total. The van der Waals surface area contributed by atoms with Gasteiger partial charge in [0.15, 0.2) is 10.6 Å². The summed E-state index contributed by atoms with van der Waals surface area (Å²) in [6.07, 6.45) is -0.635. The Morgan fingerprint density at radius 2 is 1.59 bits per heavy atom. The molecule has 2 heterocycles. The zero-order valence-corrected chi connectivity index (χ0v) is 28.9. The van der Waals surface area contributed by atoms with E-state index < -0.39 is 24.3 Å². The van der Waals surface area contributed by atoms with Gasteiger partial charge in [-0.05, 0) is 34.4 Å². The fourth-order valence-corrected chi connectivity index (χ4v) is 8.00. The first-order valence-corrected chi connectivity index (χ1v) is 17.9. The number of amides is 2. The second-order valence-corrected chi connectivity index (χ2v) is 14.2. The lowest BCUT2D eigenvalue weighted by Gasteiger charge is -2.41. The van der Waals surface area contributed by atoms with Crippen LogP contribution in [0.5, 0.6) is 0 Å². The molecule has 49 heavy (non-hydrogen) atoms. The van der Waals surface area contributed by atoms with Crippen LogP contribution in [0, 0.1) is 5.92 Å². The quantitative estimate of drug-likeness (QED) is 0.0947. The number of benzene rings is 4. The molecule has 0 bridgehead atoms. The number of aliphatic hydroxyl groups is 1. The van der Waals surface area contributed by atoms with Gasteiger partial charge in [-0.1, -0.05) is 110 Å². The normalized spacial score (nSPS) is 19.7. The molecule has 1 aliphatic rings. The molecule has 5 atom stereocenters. The zero-order valence-electron chi connectivity index (χ0n) is 27.3. The summed E-state index contributed by atoms with van der Waals surface area (Å²) in [6, 6.07) is 32.0. The Labute approximate surface area is 294 Å². The molecule has 6 rings (SSSR count). The highest BCUT2D eigenvalue weighted by molar-refractivity contribution is 8.01. The highest BCUT2D eigenvalue weighted by atomic mass is 32.2. The third-order valence-corrected chi connectivity index (χ3v) is 10.8. The smallest absolute Gasteiger partial charge is 0.328 e. The maximum Gasteiger partial charge on any atom is 0.328 e. The van der Waals surface area contributed by atoms with E-state index in [1.165, 1.54) is 7.11 Å². The molecule has 4 aromatic carbocycles. The largest absolute Gasteiger partial charge is 0.467 e. The summed E-state index contributed by atoms with van der Waals surface area (Å²) >= 11 is 3.38. The van der Waals surface area contributed by atoms with E-state index in [4.69, 9.17) is 19.2 Å². The number of carbonyl (C=O) groups is 2. The number of hydrogen-bond acceptors (Lipinski definition) is 9. The molecule has 11 heteroatoms. The molecule has 1 aromatic heterocycles. The summed E-state index contributed by atoms with van der Waals surface area (Å²) in [6.45, 7) is 2.39. The molecule has 5 unspecified atom stereocenters. The minimum atomic E-state index is -0.814. The second-order valence-electron chi connectivity index (χ2n) is 11.9. The van der Waals surface area contributed by atoms with Crippen molar-refractivity contribution < 1.29 is 28.9 Å². The van der Waals surface area contributed by atoms with Crippen LogP contribution in [0.25, 0.3) is 10.2 Å². The van der Waals surface area contributed by atoms with Gasteiger partial charge in [-0.15, -0.1) is 11.3 Å². The highest BCUT2D eigenvalue weighted by Gasteiger charge is 2.38. The minimum absolute atomic E-state index is 0.0169. The number of aliphatic hydroxyl groups excluding tert-OH is 1. The second kappa shape index (κ2) is 16.4. The van der Waals surface area contributed by atoms with Gasteiger partial charge in [-0.25, -0.2) is 14.6 Å². The summed E-state index contributed by atoms with van der Waals surface area (Å²) in [5, 5.41) is 15.1. The SMILES string of the molecule is COC(=O)C(Cc1ccccc1)NC(=O)NCc1ccc(C2OC(CSc3nc4ccccc4s3)C(C)C(c3ccc(CO)cc3)O2)cc1. The lowest BCUT2D eigenvalue weighted by molar-refractivity contribution is -0.268. The molecule has 3 N–H and O–H groups in total. The molecule has 0 saturated carbocycles. The van der Waals surface area contributed by atoms with Gasteiger partial charge in [0.1, 0.15) is 6.04 Å². The van der Waals surface area contributed by atoms with Crippen molar-refractivity contribution in [2.24, 2.45) is 5.92 Å². The Morgan fingerprint density at radius 1 is 0.898 bits per heavy atom. The Hall–Kier alpha value is -4.26. The van der Waals surface area contributed by atoms with Crippen LogP contribution >= 0.6 is 23.1 Å². The van der Waals surface area contributed by atoms with Gasteiger partial charge in [0.05, 0.1) is 36.1 Å². The lowest BCUT2D eigenvalue weighted by atomic mass is 9.91. The van der Waals surface area contributed by atoms with E-state index in [2.05, 4.69) is 23.6 Å². The van der Waals surface area contributed by atoms with Crippen LogP contribution in [0.3, 0.4) is 0 Å². The molecule has 0 spiro atoms. The van der Waals surface area contributed by atoms with Crippen LogP contribution in [0.4, 0.5) is 4.79 Å². The topological polar surface area (TPSA) is 119 Å². The summed E-state index contributed by atoms with van der Waals surface area (Å²) in [5.41, 5.74) is 5.52. The minimum Gasteiger partial charge on any atom is -0.467 e.